The van der Waals surface area contributed by atoms with Gasteiger partial charge in [0.15, 0.2) is 0 Å². The lowest BCUT2D eigenvalue weighted by Crippen LogP contribution is -2.25. The van der Waals surface area contributed by atoms with E-state index >= 15 is 0 Å². The number of aliphatic hydroxyl groups excluding tert-OH is 1. The Labute approximate surface area is 96.9 Å². The molecule has 0 bridgehead atoms. The number of fused-ring (bicyclic) bond motifs is 1. The van der Waals surface area contributed by atoms with Crippen molar-refractivity contribution in [2.24, 2.45) is 0 Å². The Bertz CT molecular complexity index is 394. The standard InChI is InChI=1S/C14H17NO/c1-2-3-10-15-11-6-9-14(16)12-7-4-5-8-13(12)15/h1,4-5,7-8,14,16H,3,6,9-11H2. The number of anilines is 1. The normalized spacial score (nSPS) is 19.8. The maximum absolute atomic E-state index is 10.0. The number of hydrogen-bond donors (Lipinski definition) is 1. The van der Waals surface area contributed by atoms with Crippen LogP contribution in [0.4, 0.5) is 5.69 Å². The van der Waals surface area contributed by atoms with Crippen molar-refractivity contribution in [1.82, 2.24) is 0 Å². The molecule has 1 heterocycles. The number of para-hydroxylation sites is 1. The SMILES string of the molecule is C#CCCN1CCCC(O)c2ccccc21. The zero-order valence-corrected chi connectivity index (χ0v) is 9.39. The highest BCUT2D eigenvalue weighted by Crippen LogP contribution is 2.32. The van der Waals surface area contributed by atoms with Crippen molar-refractivity contribution >= 4 is 5.69 Å². The van der Waals surface area contributed by atoms with Crippen molar-refractivity contribution in [2.75, 3.05) is 18.0 Å². The molecule has 1 aromatic carbocycles. The Morgan fingerprint density at radius 3 is 3.06 bits per heavy atom. The van der Waals surface area contributed by atoms with Gasteiger partial charge in [-0.2, -0.15) is 0 Å². The van der Waals surface area contributed by atoms with E-state index in [9.17, 15) is 5.11 Å². The summed E-state index contributed by atoms with van der Waals surface area (Å²) < 4.78 is 0. The lowest BCUT2D eigenvalue weighted by atomic mass is 10.0. The summed E-state index contributed by atoms with van der Waals surface area (Å²) in [5, 5.41) is 10.0. The molecule has 2 heteroatoms. The van der Waals surface area contributed by atoms with Gasteiger partial charge in [-0.25, -0.2) is 0 Å². The first-order valence-corrected chi connectivity index (χ1v) is 5.78. The van der Waals surface area contributed by atoms with Crippen LogP contribution >= 0.6 is 0 Å². The average Bonchev–Trinajstić information content (AvgIpc) is 2.47. The molecule has 2 nitrogen and oxygen atoms in total. The Morgan fingerprint density at radius 1 is 1.44 bits per heavy atom. The minimum Gasteiger partial charge on any atom is -0.388 e. The fraction of sp³-hybridized carbons (Fsp3) is 0.429. The average molecular weight is 215 g/mol. The van der Waals surface area contributed by atoms with Gasteiger partial charge >= 0.3 is 0 Å². The van der Waals surface area contributed by atoms with Crippen LogP contribution in [0.15, 0.2) is 24.3 Å². The Hall–Kier alpha value is -1.46. The minimum atomic E-state index is -0.327. The number of nitrogens with zero attached hydrogens (tertiary/aromatic N) is 1. The van der Waals surface area contributed by atoms with Crippen LogP contribution in [0.2, 0.25) is 0 Å². The van der Waals surface area contributed by atoms with Gasteiger partial charge in [0.25, 0.3) is 0 Å². The smallest absolute Gasteiger partial charge is 0.0810 e. The molecule has 16 heavy (non-hydrogen) atoms. The predicted molar refractivity (Wildman–Crippen MR) is 66.3 cm³/mol. The molecular weight excluding hydrogens is 198 g/mol. The first kappa shape index (κ1) is 11.0. The summed E-state index contributed by atoms with van der Waals surface area (Å²) in [5.41, 5.74) is 2.18. The van der Waals surface area contributed by atoms with E-state index in [0.717, 1.165) is 43.6 Å². The van der Waals surface area contributed by atoms with Crippen molar-refractivity contribution in [1.29, 1.82) is 0 Å². The topological polar surface area (TPSA) is 23.5 Å². The molecule has 0 fully saturated rings. The number of aliphatic hydroxyl groups is 1. The predicted octanol–water partition coefficient (Wildman–Crippen LogP) is 2.34. The highest BCUT2D eigenvalue weighted by Gasteiger charge is 2.20. The van der Waals surface area contributed by atoms with Crippen molar-refractivity contribution in [3.8, 4) is 12.3 Å². The van der Waals surface area contributed by atoms with Crippen LogP contribution in [-0.4, -0.2) is 18.2 Å². The number of hydrogen-bond acceptors (Lipinski definition) is 2. The van der Waals surface area contributed by atoms with Gasteiger partial charge in [-0.15, -0.1) is 12.3 Å². The molecule has 1 aromatic rings. The molecule has 0 amide bonds. The molecule has 1 unspecified atom stereocenters. The van der Waals surface area contributed by atoms with Gasteiger partial charge in [-0.05, 0) is 18.9 Å². The van der Waals surface area contributed by atoms with Gasteiger partial charge in [0.05, 0.1) is 6.10 Å². The van der Waals surface area contributed by atoms with Crippen LogP contribution in [0.25, 0.3) is 0 Å². The molecule has 0 aromatic heterocycles. The van der Waals surface area contributed by atoms with Gasteiger partial charge in [-0.3, -0.25) is 0 Å². The Kier molecular flexibility index (Phi) is 3.48. The van der Waals surface area contributed by atoms with E-state index in [-0.39, 0.29) is 6.10 Å². The van der Waals surface area contributed by atoms with Crippen molar-refractivity contribution in [3.63, 3.8) is 0 Å². The minimum absolute atomic E-state index is 0.327. The maximum atomic E-state index is 10.0. The molecule has 1 N–H and O–H groups in total. The van der Waals surface area contributed by atoms with Crippen LogP contribution in [0.5, 0.6) is 0 Å². The van der Waals surface area contributed by atoms with Crippen LogP contribution < -0.4 is 4.90 Å². The molecule has 0 spiro atoms. The fourth-order valence-corrected chi connectivity index (χ4v) is 2.24. The number of terminal acetylenes is 1. The third-order valence-electron chi connectivity index (χ3n) is 3.07. The third-order valence-corrected chi connectivity index (χ3v) is 3.07. The lowest BCUT2D eigenvalue weighted by molar-refractivity contribution is 0.168. The summed E-state index contributed by atoms with van der Waals surface area (Å²) >= 11 is 0. The summed E-state index contributed by atoms with van der Waals surface area (Å²) in [6, 6.07) is 8.07. The molecule has 1 aliphatic rings. The molecule has 1 aliphatic heterocycles. The summed E-state index contributed by atoms with van der Waals surface area (Å²) in [6.45, 7) is 1.86. The summed E-state index contributed by atoms with van der Waals surface area (Å²) in [6.07, 6.45) is 7.58. The highest BCUT2D eigenvalue weighted by molar-refractivity contribution is 5.55. The first-order chi connectivity index (χ1) is 7.83. The van der Waals surface area contributed by atoms with Gasteiger partial charge in [0.2, 0.25) is 0 Å². The molecule has 84 valence electrons. The number of benzene rings is 1. The largest absolute Gasteiger partial charge is 0.388 e. The lowest BCUT2D eigenvalue weighted by Gasteiger charge is -2.24. The molecule has 0 aliphatic carbocycles. The quantitative estimate of drug-likeness (QED) is 0.765. The second-order valence-corrected chi connectivity index (χ2v) is 4.16. The second kappa shape index (κ2) is 5.05. The van der Waals surface area contributed by atoms with Crippen molar-refractivity contribution in [2.45, 2.75) is 25.4 Å². The van der Waals surface area contributed by atoms with E-state index < -0.39 is 0 Å². The van der Waals surface area contributed by atoms with E-state index in [1.807, 2.05) is 18.2 Å². The van der Waals surface area contributed by atoms with Gasteiger partial charge in [0.1, 0.15) is 0 Å². The maximum Gasteiger partial charge on any atom is 0.0810 e. The number of rotatable bonds is 2. The summed E-state index contributed by atoms with van der Waals surface area (Å²) in [7, 11) is 0. The second-order valence-electron chi connectivity index (χ2n) is 4.16. The molecule has 2 rings (SSSR count). The molecular formula is C14H17NO. The third kappa shape index (κ3) is 2.20. The van der Waals surface area contributed by atoms with E-state index in [2.05, 4.69) is 16.9 Å². The Balaban J connectivity index is 2.28. The molecule has 0 saturated carbocycles. The fourth-order valence-electron chi connectivity index (χ4n) is 2.24. The van der Waals surface area contributed by atoms with Crippen LogP contribution in [0.1, 0.15) is 30.9 Å². The molecule has 0 radical (unpaired) electrons. The van der Waals surface area contributed by atoms with Crippen molar-refractivity contribution in [3.05, 3.63) is 29.8 Å². The summed E-state index contributed by atoms with van der Waals surface area (Å²) in [5.74, 6) is 2.67. The van der Waals surface area contributed by atoms with E-state index in [0.29, 0.717) is 0 Å². The molecule has 0 saturated heterocycles. The van der Waals surface area contributed by atoms with E-state index in [1.54, 1.807) is 0 Å². The van der Waals surface area contributed by atoms with Crippen molar-refractivity contribution < 1.29 is 5.11 Å². The zero-order chi connectivity index (χ0) is 11.4. The van der Waals surface area contributed by atoms with Crippen LogP contribution in [-0.2, 0) is 0 Å². The van der Waals surface area contributed by atoms with Gasteiger partial charge in [-0.1, -0.05) is 18.2 Å². The van der Waals surface area contributed by atoms with Crippen LogP contribution in [0.3, 0.4) is 0 Å². The van der Waals surface area contributed by atoms with Crippen LogP contribution in [0, 0.1) is 12.3 Å². The summed E-state index contributed by atoms with van der Waals surface area (Å²) in [4.78, 5) is 2.28. The monoisotopic (exact) mass is 215 g/mol. The zero-order valence-electron chi connectivity index (χ0n) is 9.39. The highest BCUT2D eigenvalue weighted by atomic mass is 16.3. The Morgan fingerprint density at radius 2 is 2.25 bits per heavy atom. The van der Waals surface area contributed by atoms with E-state index in [4.69, 9.17) is 6.42 Å². The van der Waals surface area contributed by atoms with Gasteiger partial charge in [0, 0.05) is 30.8 Å². The van der Waals surface area contributed by atoms with E-state index in [1.165, 1.54) is 0 Å². The first-order valence-electron chi connectivity index (χ1n) is 5.78. The molecule has 1 atom stereocenters. The van der Waals surface area contributed by atoms with Gasteiger partial charge < -0.3 is 10.0 Å².